The summed E-state index contributed by atoms with van der Waals surface area (Å²) in [5, 5.41) is 4.24. The van der Waals surface area contributed by atoms with E-state index in [1.807, 2.05) is 16.8 Å². The Labute approximate surface area is 107 Å². The van der Waals surface area contributed by atoms with Gasteiger partial charge in [-0.3, -0.25) is 4.98 Å². The number of pyridine rings is 1. The number of hydrogen-bond acceptors (Lipinski definition) is 4. The molecule has 0 saturated heterocycles. The van der Waals surface area contributed by atoms with Gasteiger partial charge in [-0.15, -0.1) is 0 Å². The Bertz CT molecular complexity index is 477. The van der Waals surface area contributed by atoms with Crippen LogP contribution in [0, 0.1) is 5.92 Å². The maximum atomic E-state index is 6.18. The topological polar surface area (TPSA) is 69.6 Å². The van der Waals surface area contributed by atoms with Crippen molar-refractivity contribution in [3.05, 3.63) is 42.2 Å². The normalized spacial score (nSPS) is 12.9. The van der Waals surface area contributed by atoms with Crippen LogP contribution in [0.2, 0.25) is 0 Å². The molecule has 5 nitrogen and oxygen atoms in total. The maximum absolute atomic E-state index is 6.18. The first-order chi connectivity index (χ1) is 8.66. The standard InChI is InChI=1S/C13H19N5/c1-10(2)8-18-13(16-9-17-18)7-12(14)11-3-5-15-6-4-11/h3-6,9-10,12H,7-8,14H2,1-2H3. The molecule has 2 rings (SSSR count). The molecule has 0 amide bonds. The first-order valence-electron chi connectivity index (χ1n) is 6.19. The summed E-state index contributed by atoms with van der Waals surface area (Å²) in [5.74, 6) is 1.48. The summed E-state index contributed by atoms with van der Waals surface area (Å²) in [6.45, 7) is 5.20. The third-order valence-corrected chi connectivity index (χ3v) is 2.77. The molecule has 0 fully saturated rings. The molecule has 96 valence electrons. The first kappa shape index (κ1) is 12.7. The summed E-state index contributed by atoms with van der Waals surface area (Å²) in [7, 11) is 0. The Kier molecular flexibility index (Phi) is 4.04. The predicted molar refractivity (Wildman–Crippen MR) is 69.7 cm³/mol. The number of hydrogen-bond donors (Lipinski definition) is 1. The van der Waals surface area contributed by atoms with E-state index in [4.69, 9.17) is 5.73 Å². The van der Waals surface area contributed by atoms with Gasteiger partial charge in [0, 0.05) is 31.4 Å². The smallest absolute Gasteiger partial charge is 0.138 e. The van der Waals surface area contributed by atoms with Gasteiger partial charge >= 0.3 is 0 Å². The number of aromatic nitrogens is 4. The SMILES string of the molecule is CC(C)Cn1ncnc1CC(N)c1ccncc1. The fourth-order valence-electron chi connectivity index (χ4n) is 1.87. The van der Waals surface area contributed by atoms with Gasteiger partial charge in [0.05, 0.1) is 0 Å². The van der Waals surface area contributed by atoms with Crippen molar-refractivity contribution in [1.29, 1.82) is 0 Å². The van der Waals surface area contributed by atoms with Crippen LogP contribution in [-0.4, -0.2) is 19.7 Å². The second-order valence-corrected chi connectivity index (χ2v) is 4.84. The summed E-state index contributed by atoms with van der Waals surface area (Å²) >= 11 is 0. The number of rotatable bonds is 5. The zero-order valence-corrected chi connectivity index (χ0v) is 10.8. The Morgan fingerprint density at radius 1 is 1.28 bits per heavy atom. The van der Waals surface area contributed by atoms with Gasteiger partial charge in [0.15, 0.2) is 0 Å². The Morgan fingerprint density at radius 3 is 2.67 bits per heavy atom. The van der Waals surface area contributed by atoms with Crippen LogP contribution in [0.5, 0.6) is 0 Å². The first-order valence-corrected chi connectivity index (χ1v) is 6.19. The van der Waals surface area contributed by atoms with Crippen LogP contribution in [0.25, 0.3) is 0 Å². The second-order valence-electron chi connectivity index (χ2n) is 4.84. The van der Waals surface area contributed by atoms with Crippen molar-refractivity contribution in [3.63, 3.8) is 0 Å². The molecule has 2 aromatic rings. The summed E-state index contributed by atoms with van der Waals surface area (Å²) in [5.41, 5.74) is 7.25. The van der Waals surface area contributed by atoms with E-state index >= 15 is 0 Å². The molecular formula is C13H19N5. The molecule has 0 aliphatic rings. The summed E-state index contributed by atoms with van der Waals surface area (Å²) in [6, 6.07) is 3.81. The van der Waals surface area contributed by atoms with Crippen LogP contribution in [0.15, 0.2) is 30.9 Å². The van der Waals surface area contributed by atoms with Crippen LogP contribution in [-0.2, 0) is 13.0 Å². The minimum atomic E-state index is -0.0666. The van der Waals surface area contributed by atoms with E-state index in [1.165, 1.54) is 0 Å². The molecule has 2 heterocycles. The van der Waals surface area contributed by atoms with Gasteiger partial charge in [-0.25, -0.2) is 9.67 Å². The van der Waals surface area contributed by atoms with Gasteiger partial charge in [0.2, 0.25) is 0 Å². The summed E-state index contributed by atoms with van der Waals surface area (Å²) in [6.07, 6.45) is 5.80. The van der Waals surface area contributed by atoms with Gasteiger partial charge in [-0.1, -0.05) is 13.8 Å². The molecule has 2 aromatic heterocycles. The van der Waals surface area contributed by atoms with Gasteiger partial charge in [0.25, 0.3) is 0 Å². The zero-order chi connectivity index (χ0) is 13.0. The van der Waals surface area contributed by atoms with E-state index in [-0.39, 0.29) is 6.04 Å². The highest BCUT2D eigenvalue weighted by Crippen LogP contribution is 2.14. The molecule has 18 heavy (non-hydrogen) atoms. The van der Waals surface area contributed by atoms with Crippen molar-refractivity contribution < 1.29 is 0 Å². The monoisotopic (exact) mass is 245 g/mol. The van der Waals surface area contributed by atoms with Crippen LogP contribution in [0.3, 0.4) is 0 Å². The highest BCUT2D eigenvalue weighted by molar-refractivity contribution is 5.15. The van der Waals surface area contributed by atoms with Crippen molar-refractivity contribution in [2.45, 2.75) is 32.9 Å². The van der Waals surface area contributed by atoms with E-state index in [0.717, 1.165) is 17.9 Å². The molecule has 0 bridgehead atoms. The van der Waals surface area contributed by atoms with Gasteiger partial charge in [-0.2, -0.15) is 5.10 Å². The van der Waals surface area contributed by atoms with E-state index in [9.17, 15) is 0 Å². The summed E-state index contributed by atoms with van der Waals surface area (Å²) in [4.78, 5) is 8.28. The maximum Gasteiger partial charge on any atom is 0.138 e. The molecule has 0 aliphatic carbocycles. The molecule has 0 spiro atoms. The predicted octanol–water partition coefficient (Wildman–Crippen LogP) is 1.57. The van der Waals surface area contributed by atoms with Crippen LogP contribution in [0.4, 0.5) is 0 Å². The lowest BCUT2D eigenvalue weighted by molar-refractivity contribution is 0.459. The molecule has 2 N–H and O–H groups in total. The molecule has 1 unspecified atom stereocenters. The Hall–Kier alpha value is -1.75. The molecular weight excluding hydrogens is 226 g/mol. The molecule has 5 heteroatoms. The molecule has 0 aromatic carbocycles. The molecule has 0 aliphatic heterocycles. The van der Waals surface area contributed by atoms with Crippen molar-refractivity contribution in [1.82, 2.24) is 19.7 Å². The van der Waals surface area contributed by atoms with E-state index in [1.54, 1.807) is 18.7 Å². The largest absolute Gasteiger partial charge is 0.324 e. The van der Waals surface area contributed by atoms with Crippen molar-refractivity contribution in [2.75, 3.05) is 0 Å². The third-order valence-electron chi connectivity index (χ3n) is 2.77. The number of nitrogens with two attached hydrogens (primary N) is 1. The van der Waals surface area contributed by atoms with Gasteiger partial charge in [-0.05, 0) is 23.6 Å². The third kappa shape index (κ3) is 3.13. The quantitative estimate of drug-likeness (QED) is 0.868. The Balaban J connectivity index is 2.08. The van der Waals surface area contributed by atoms with Gasteiger partial charge < -0.3 is 5.73 Å². The van der Waals surface area contributed by atoms with Crippen molar-refractivity contribution >= 4 is 0 Å². The second kappa shape index (κ2) is 5.73. The Morgan fingerprint density at radius 2 is 2.00 bits per heavy atom. The van der Waals surface area contributed by atoms with Crippen LogP contribution >= 0.6 is 0 Å². The highest BCUT2D eigenvalue weighted by atomic mass is 15.3. The number of nitrogens with zero attached hydrogens (tertiary/aromatic N) is 4. The van der Waals surface area contributed by atoms with Crippen molar-refractivity contribution in [2.24, 2.45) is 11.7 Å². The highest BCUT2D eigenvalue weighted by Gasteiger charge is 2.12. The minimum Gasteiger partial charge on any atom is -0.324 e. The van der Waals surface area contributed by atoms with Crippen LogP contribution < -0.4 is 5.73 Å². The van der Waals surface area contributed by atoms with Crippen LogP contribution in [0.1, 0.15) is 31.3 Å². The molecule has 0 saturated carbocycles. The summed E-state index contributed by atoms with van der Waals surface area (Å²) < 4.78 is 1.94. The van der Waals surface area contributed by atoms with Crippen molar-refractivity contribution in [3.8, 4) is 0 Å². The average Bonchev–Trinajstić information content (AvgIpc) is 2.77. The fraction of sp³-hybridized carbons (Fsp3) is 0.462. The lowest BCUT2D eigenvalue weighted by Crippen LogP contribution is -2.18. The minimum absolute atomic E-state index is 0.0666. The van der Waals surface area contributed by atoms with Gasteiger partial charge in [0.1, 0.15) is 12.2 Å². The fourth-order valence-corrected chi connectivity index (χ4v) is 1.87. The average molecular weight is 245 g/mol. The molecule has 0 radical (unpaired) electrons. The molecule has 1 atom stereocenters. The lowest BCUT2D eigenvalue weighted by Gasteiger charge is -2.13. The lowest BCUT2D eigenvalue weighted by atomic mass is 10.1. The zero-order valence-electron chi connectivity index (χ0n) is 10.8. The van der Waals surface area contributed by atoms with E-state index < -0.39 is 0 Å². The van der Waals surface area contributed by atoms with E-state index in [0.29, 0.717) is 12.3 Å². The van der Waals surface area contributed by atoms with E-state index in [2.05, 4.69) is 28.9 Å².